The lowest BCUT2D eigenvalue weighted by Crippen LogP contribution is -2.37. The highest BCUT2D eigenvalue weighted by Gasteiger charge is 2.28. The molecule has 2 rings (SSSR count). The van der Waals surface area contributed by atoms with E-state index in [2.05, 4.69) is 26.8 Å². The van der Waals surface area contributed by atoms with Crippen LogP contribution in [0.1, 0.15) is 62.0 Å². The predicted octanol–water partition coefficient (Wildman–Crippen LogP) is 3.39. The van der Waals surface area contributed by atoms with Crippen molar-refractivity contribution in [2.75, 3.05) is 33.3 Å². The van der Waals surface area contributed by atoms with Crippen molar-refractivity contribution >= 4 is 11.8 Å². The molecule has 0 atom stereocenters. The Bertz CT molecular complexity index is 677. The summed E-state index contributed by atoms with van der Waals surface area (Å²) >= 11 is 0. The van der Waals surface area contributed by atoms with Gasteiger partial charge in [0.05, 0.1) is 12.7 Å². The number of ether oxygens (including phenoxy) is 1. The van der Waals surface area contributed by atoms with Gasteiger partial charge in [-0.15, -0.1) is 0 Å². The normalized spacial score (nSPS) is 15.6. The Morgan fingerprint density at radius 3 is 2.27 bits per heavy atom. The van der Waals surface area contributed by atoms with Crippen molar-refractivity contribution in [2.45, 2.75) is 52.9 Å². The standard InChI is InChI=1S/C21H32N2O3/c1-7-18(24)22-9-8-10-23(12-11-22)20(25)16-13-15(2)14-17(19(16)26-6)21(3,4)5/h13-14H,7-12H2,1-6H3. The Labute approximate surface area is 157 Å². The van der Waals surface area contributed by atoms with Gasteiger partial charge in [-0.25, -0.2) is 0 Å². The number of amides is 2. The largest absolute Gasteiger partial charge is 0.496 e. The molecule has 0 aromatic heterocycles. The summed E-state index contributed by atoms with van der Waals surface area (Å²) in [5.41, 5.74) is 2.60. The summed E-state index contributed by atoms with van der Waals surface area (Å²) in [6.45, 7) is 12.8. The molecular formula is C21H32N2O3. The number of benzene rings is 1. The molecule has 0 unspecified atom stereocenters. The topological polar surface area (TPSA) is 49.9 Å². The second kappa shape index (κ2) is 8.11. The number of hydrogen-bond donors (Lipinski definition) is 0. The third-order valence-corrected chi connectivity index (χ3v) is 4.91. The van der Waals surface area contributed by atoms with Gasteiger partial charge < -0.3 is 14.5 Å². The first-order valence-corrected chi connectivity index (χ1v) is 9.45. The van der Waals surface area contributed by atoms with Crippen molar-refractivity contribution in [3.8, 4) is 5.75 Å². The molecule has 1 aliphatic rings. The monoisotopic (exact) mass is 360 g/mol. The van der Waals surface area contributed by atoms with Crippen molar-refractivity contribution in [3.05, 3.63) is 28.8 Å². The number of rotatable bonds is 3. The highest BCUT2D eigenvalue weighted by Crippen LogP contribution is 2.35. The molecule has 0 aliphatic carbocycles. The molecule has 0 N–H and O–H groups in total. The van der Waals surface area contributed by atoms with Crippen LogP contribution in [0.25, 0.3) is 0 Å². The van der Waals surface area contributed by atoms with Gasteiger partial charge in [-0.05, 0) is 30.4 Å². The number of nitrogens with zero attached hydrogens (tertiary/aromatic N) is 2. The highest BCUT2D eigenvalue weighted by atomic mass is 16.5. The first-order chi connectivity index (χ1) is 12.2. The third-order valence-electron chi connectivity index (χ3n) is 4.91. The number of carbonyl (C=O) groups excluding carboxylic acids is 2. The van der Waals surface area contributed by atoms with Crippen molar-refractivity contribution in [2.24, 2.45) is 0 Å². The molecule has 1 aromatic carbocycles. The average molecular weight is 360 g/mol. The number of carbonyl (C=O) groups is 2. The molecule has 0 bridgehead atoms. The molecule has 2 amide bonds. The van der Waals surface area contributed by atoms with Gasteiger partial charge in [-0.2, -0.15) is 0 Å². The van der Waals surface area contributed by atoms with Gasteiger partial charge in [-0.3, -0.25) is 9.59 Å². The minimum atomic E-state index is -0.116. The molecular weight excluding hydrogens is 328 g/mol. The fraction of sp³-hybridized carbons (Fsp3) is 0.619. The molecule has 0 spiro atoms. The lowest BCUT2D eigenvalue weighted by Gasteiger charge is -2.27. The SMILES string of the molecule is CCC(=O)N1CCCN(C(=O)c2cc(C)cc(C(C)(C)C)c2OC)CC1. The summed E-state index contributed by atoms with van der Waals surface area (Å²) in [6, 6.07) is 4.01. The maximum absolute atomic E-state index is 13.3. The zero-order valence-electron chi connectivity index (χ0n) is 17.0. The van der Waals surface area contributed by atoms with Gasteiger partial charge in [0.2, 0.25) is 5.91 Å². The van der Waals surface area contributed by atoms with E-state index in [0.717, 1.165) is 17.5 Å². The van der Waals surface area contributed by atoms with Crippen LogP contribution in [0.3, 0.4) is 0 Å². The Kier molecular flexibility index (Phi) is 6.32. The molecule has 1 aliphatic heterocycles. The lowest BCUT2D eigenvalue weighted by molar-refractivity contribution is -0.130. The van der Waals surface area contributed by atoms with Crippen LogP contribution in [-0.2, 0) is 10.2 Å². The zero-order valence-corrected chi connectivity index (χ0v) is 17.0. The fourth-order valence-corrected chi connectivity index (χ4v) is 3.47. The van der Waals surface area contributed by atoms with Crippen LogP contribution < -0.4 is 4.74 Å². The summed E-state index contributed by atoms with van der Waals surface area (Å²) in [5, 5.41) is 0. The van der Waals surface area contributed by atoms with Gasteiger partial charge in [0.15, 0.2) is 0 Å². The van der Waals surface area contributed by atoms with Crippen LogP contribution >= 0.6 is 0 Å². The smallest absolute Gasteiger partial charge is 0.257 e. The Morgan fingerprint density at radius 1 is 1.08 bits per heavy atom. The van der Waals surface area contributed by atoms with Crippen LogP contribution in [0.2, 0.25) is 0 Å². The van der Waals surface area contributed by atoms with E-state index in [9.17, 15) is 9.59 Å². The van der Waals surface area contributed by atoms with Gasteiger partial charge in [0, 0.05) is 38.2 Å². The average Bonchev–Trinajstić information content (AvgIpc) is 2.85. The van der Waals surface area contributed by atoms with Gasteiger partial charge in [0.1, 0.15) is 5.75 Å². The van der Waals surface area contributed by atoms with E-state index in [1.54, 1.807) is 7.11 Å². The molecule has 0 radical (unpaired) electrons. The van der Waals surface area contributed by atoms with Crippen molar-refractivity contribution in [1.82, 2.24) is 9.80 Å². The Balaban J connectivity index is 2.32. The molecule has 0 saturated carbocycles. The van der Waals surface area contributed by atoms with Crippen molar-refractivity contribution < 1.29 is 14.3 Å². The lowest BCUT2D eigenvalue weighted by atomic mass is 9.84. The quantitative estimate of drug-likeness (QED) is 0.830. The van der Waals surface area contributed by atoms with Crippen LogP contribution in [0.5, 0.6) is 5.75 Å². The Hall–Kier alpha value is -2.04. The fourth-order valence-electron chi connectivity index (χ4n) is 3.47. The summed E-state index contributed by atoms with van der Waals surface area (Å²) in [4.78, 5) is 28.9. The van der Waals surface area contributed by atoms with Gasteiger partial charge >= 0.3 is 0 Å². The summed E-state index contributed by atoms with van der Waals surface area (Å²) in [7, 11) is 1.63. The van der Waals surface area contributed by atoms with E-state index in [-0.39, 0.29) is 17.2 Å². The molecule has 1 fully saturated rings. The van der Waals surface area contributed by atoms with Crippen molar-refractivity contribution in [1.29, 1.82) is 0 Å². The Morgan fingerprint density at radius 2 is 1.69 bits per heavy atom. The molecule has 1 heterocycles. The molecule has 5 heteroatoms. The third kappa shape index (κ3) is 4.37. The van der Waals surface area contributed by atoms with E-state index < -0.39 is 0 Å². The van der Waals surface area contributed by atoms with Crippen LogP contribution in [-0.4, -0.2) is 54.9 Å². The first kappa shape index (κ1) is 20.3. The highest BCUT2D eigenvalue weighted by molar-refractivity contribution is 5.98. The second-order valence-corrected chi connectivity index (χ2v) is 8.02. The van der Waals surface area contributed by atoms with Crippen molar-refractivity contribution in [3.63, 3.8) is 0 Å². The summed E-state index contributed by atoms with van der Waals surface area (Å²) in [6.07, 6.45) is 1.31. The molecule has 5 nitrogen and oxygen atoms in total. The predicted molar refractivity (Wildman–Crippen MR) is 104 cm³/mol. The van der Waals surface area contributed by atoms with E-state index >= 15 is 0 Å². The van der Waals surface area contributed by atoms with E-state index in [4.69, 9.17) is 4.74 Å². The number of aryl methyl sites for hydroxylation is 1. The van der Waals surface area contributed by atoms with E-state index in [0.29, 0.717) is 43.9 Å². The minimum Gasteiger partial charge on any atom is -0.496 e. The summed E-state index contributed by atoms with van der Waals surface area (Å²) < 4.78 is 5.67. The number of hydrogen-bond acceptors (Lipinski definition) is 3. The minimum absolute atomic E-state index is 0.0122. The maximum Gasteiger partial charge on any atom is 0.257 e. The van der Waals surface area contributed by atoms with E-state index in [1.807, 2.05) is 29.7 Å². The van der Waals surface area contributed by atoms with Gasteiger partial charge in [0.25, 0.3) is 5.91 Å². The first-order valence-electron chi connectivity index (χ1n) is 9.45. The number of methoxy groups -OCH3 is 1. The van der Waals surface area contributed by atoms with E-state index in [1.165, 1.54) is 0 Å². The molecule has 26 heavy (non-hydrogen) atoms. The zero-order chi connectivity index (χ0) is 19.5. The van der Waals surface area contributed by atoms with Crippen LogP contribution in [0.4, 0.5) is 0 Å². The molecule has 1 aromatic rings. The molecule has 1 saturated heterocycles. The van der Waals surface area contributed by atoms with Gasteiger partial charge in [-0.1, -0.05) is 33.8 Å². The maximum atomic E-state index is 13.3. The summed E-state index contributed by atoms with van der Waals surface area (Å²) in [5.74, 6) is 0.808. The van der Waals surface area contributed by atoms with Crippen LogP contribution in [0, 0.1) is 6.92 Å². The second-order valence-electron chi connectivity index (χ2n) is 8.02. The van der Waals surface area contributed by atoms with Crippen LogP contribution in [0.15, 0.2) is 12.1 Å². The molecule has 144 valence electrons.